The molecule has 0 spiro atoms. The van der Waals surface area contributed by atoms with Crippen molar-refractivity contribution in [2.45, 2.75) is 40.2 Å². The van der Waals surface area contributed by atoms with E-state index in [9.17, 15) is 4.79 Å². The highest BCUT2D eigenvalue weighted by Gasteiger charge is 2.10. The standard InChI is InChI=1S/C16H26N2O2/c1-11(2)7-8-18-16(19)10-20-15-9-12(3)5-6-14(15)13(4)17/h5-6,9,11,13H,7-8,10,17H2,1-4H3,(H,18,19)/t13-/m0/s1. The molecule has 0 fully saturated rings. The average Bonchev–Trinajstić information content (AvgIpc) is 2.35. The van der Waals surface area contributed by atoms with Crippen LogP contribution in [0.3, 0.4) is 0 Å². The molecule has 0 aliphatic heterocycles. The molecule has 1 rings (SSSR count). The third kappa shape index (κ3) is 5.61. The maximum atomic E-state index is 11.7. The predicted octanol–water partition coefficient (Wildman–Crippen LogP) is 2.56. The van der Waals surface area contributed by atoms with Crippen LogP contribution in [0.4, 0.5) is 0 Å². The van der Waals surface area contributed by atoms with Gasteiger partial charge in [0.2, 0.25) is 0 Å². The van der Waals surface area contributed by atoms with Crippen LogP contribution in [-0.4, -0.2) is 19.1 Å². The van der Waals surface area contributed by atoms with Crippen molar-refractivity contribution in [2.75, 3.05) is 13.2 Å². The van der Waals surface area contributed by atoms with Crippen molar-refractivity contribution in [2.24, 2.45) is 11.7 Å². The summed E-state index contributed by atoms with van der Waals surface area (Å²) < 4.78 is 5.61. The maximum Gasteiger partial charge on any atom is 0.257 e. The molecule has 1 aromatic rings. The first-order valence-electron chi connectivity index (χ1n) is 7.15. The number of hydrogen-bond donors (Lipinski definition) is 2. The first kappa shape index (κ1) is 16.5. The highest BCUT2D eigenvalue weighted by atomic mass is 16.5. The quantitative estimate of drug-likeness (QED) is 0.805. The lowest BCUT2D eigenvalue weighted by atomic mass is 10.1. The molecular formula is C16H26N2O2. The number of nitrogens with one attached hydrogen (secondary N) is 1. The van der Waals surface area contributed by atoms with E-state index in [-0.39, 0.29) is 18.6 Å². The van der Waals surface area contributed by atoms with Crippen molar-refractivity contribution in [3.8, 4) is 5.75 Å². The van der Waals surface area contributed by atoms with Gasteiger partial charge in [-0.05, 0) is 37.8 Å². The van der Waals surface area contributed by atoms with Crippen LogP contribution in [0.1, 0.15) is 44.4 Å². The van der Waals surface area contributed by atoms with E-state index in [0.29, 0.717) is 18.2 Å². The fourth-order valence-corrected chi connectivity index (χ4v) is 1.84. The number of carbonyl (C=O) groups is 1. The Morgan fingerprint density at radius 3 is 2.65 bits per heavy atom. The minimum atomic E-state index is -0.116. The molecule has 3 N–H and O–H groups in total. The van der Waals surface area contributed by atoms with Gasteiger partial charge in [-0.2, -0.15) is 0 Å². The van der Waals surface area contributed by atoms with E-state index < -0.39 is 0 Å². The number of aryl methyl sites for hydroxylation is 1. The van der Waals surface area contributed by atoms with E-state index in [1.807, 2.05) is 32.0 Å². The molecule has 0 radical (unpaired) electrons. The van der Waals surface area contributed by atoms with Gasteiger partial charge in [-0.15, -0.1) is 0 Å². The van der Waals surface area contributed by atoms with E-state index in [0.717, 1.165) is 17.5 Å². The molecule has 20 heavy (non-hydrogen) atoms. The fraction of sp³-hybridized carbons (Fsp3) is 0.562. The fourth-order valence-electron chi connectivity index (χ4n) is 1.84. The second kappa shape index (κ2) is 7.90. The Hall–Kier alpha value is -1.55. The average molecular weight is 278 g/mol. The second-order valence-corrected chi connectivity index (χ2v) is 5.65. The molecule has 0 saturated heterocycles. The first-order valence-corrected chi connectivity index (χ1v) is 7.15. The van der Waals surface area contributed by atoms with E-state index in [1.165, 1.54) is 0 Å². The highest BCUT2D eigenvalue weighted by Crippen LogP contribution is 2.24. The lowest BCUT2D eigenvalue weighted by Gasteiger charge is -2.15. The molecule has 0 aromatic heterocycles. The highest BCUT2D eigenvalue weighted by molar-refractivity contribution is 5.77. The smallest absolute Gasteiger partial charge is 0.257 e. The lowest BCUT2D eigenvalue weighted by molar-refractivity contribution is -0.123. The number of carbonyl (C=O) groups excluding carboxylic acids is 1. The van der Waals surface area contributed by atoms with Crippen molar-refractivity contribution in [1.82, 2.24) is 5.32 Å². The molecule has 1 amide bonds. The van der Waals surface area contributed by atoms with Gasteiger partial charge in [-0.1, -0.05) is 26.0 Å². The van der Waals surface area contributed by atoms with Crippen LogP contribution in [0.5, 0.6) is 5.75 Å². The summed E-state index contributed by atoms with van der Waals surface area (Å²) in [6.45, 7) is 8.87. The summed E-state index contributed by atoms with van der Waals surface area (Å²) in [6.07, 6.45) is 0.973. The Morgan fingerprint density at radius 1 is 1.35 bits per heavy atom. The zero-order valence-corrected chi connectivity index (χ0v) is 12.9. The molecule has 0 aliphatic rings. The van der Waals surface area contributed by atoms with Gasteiger partial charge in [0.25, 0.3) is 5.91 Å². The molecule has 1 aromatic carbocycles. The van der Waals surface area contributed by atoms with E-state index in [1.54, 1.807) is 0 Å². The van der Waals surface area contributed by atoms with E-state index in [2.05, 4.69) is 19.2 Å². The summed E-state index contributed by atoms with van der Waals surface area (Å²) in [5.74, 6) is 1.18. The largest absolute Gasteiger partial charge is 0.483 e. The van der Waals surface area contributed by atoms with Gasteiger partial charge in [0.1, 0.15) is 5.75 Å². The molecule has 1 atom stereocenters. The van der Waals surface area contributed by atoms with Gasteiger partial charge in [0.05, 0.1) is 0 Å². The number of ether oxygens (including phenoxy) is 1. The third-order valence-electron chi connectivity index (χ3n) is 3.06. The van der Waals surface area contributed by atoms with Crippen molar-refractivity contribution >= 4 is 5.91 Å². The minimum Gasteiger partial charge on any atom is -0.483 e. The summed E-state index contributed by atoms with van der Waals surface area (Å²) in [6, 6.07) is 5.75. The molecule has 4 heteroatoms. The number of benzene rings is 1. The molecule has 0 unspecified atom stereocenters. The number of rotatable bonds is 7. The van der Waals surface area contributed by atoms with Crippen molar-refractivity contribution in [3.05, 3.63) is 29.3 Å². The van der Waals surface area contributed by atoms with Crippen LogP contribution in [0.25, 0.3) is 0 Å². The SMILES string of the molecule is Cc1ccc([C@H](C)N)c(OCC(=O)NCCC(C)C)c1. The van der Waals surface area contributed by atoms with E-state index >= 15 is 0 Å². The van der Waals surface area contributed by atoms with Gasteiger partial charge in [0, 0.05) is 18.2 Å². The monoisotopic (exact) mass is 278 g/mol. The molecule has 4 nitrogen and oxygen atoms in total. The van der Waals surface area contributed by atoms with Gasteiger partial charge in [-0.25, -0.2) is 0 Å². The molecule has 112 valence electrons. The lowest BCUT2D eigenvalue weighted by Crippen LogP contribution is -2.30. The maximum absolute atomic E-state index is 11.7. The van der Waals surface area contributed by atoms with Gasteiger partial charge >= 0.3 is 0 Å². The van der Waals surface area contributed by atoms with Crippen LogP contribution in [0.15, 0.2) is 18.2 Å². The van der Waals surface area contributed by atoms with Crippen LogP contribution in [0, 0.1) is 12.8 Å². The third-order valence-corrected chi connectivity index (χ3v) is 3.06. The zero-order chi connectivity index (χ0) is 15.1. The van der Waals surface area contributed by atoms with Crippen LogP contribution >= 0.6 is 0 Å². The second-order valence-electron chi connectivity index (χ2n) is 5.65. The number of hydrogen-bond acceptors (Lipinski definition) is 3. The van der Waals surface area contributed by atoms with Gasteiger partial charge in [0.15, 0.2) is 6.61 Å². The van der Waals surface area contributed by atoms with Crippen LogP contribution < -0.4 is 15.8 Å². The van der Waals surface area contributed by atoms with Gasteiger partial charge in [-0.3, -0.25) is 4.79 Å². The predicted molar refractivity (Wildman–Crippen MR) is 81.7 cm³/mol. The van der Waals surface area contributed by atoms with Crippen molar-refractivity contribution < 1.29 is 9.53 Å². The van der Waals surface area contributed by atoms with Crippen LogP contribution in [0.2, 0.25) is 0 Å². The molecular weight excluding hydrogens is 252 g/mol. The van der Waals surface area contributed by atoms with Crippen molar-refractivity contribution in [1.29, 1.82) is 0 Å². The van der Waals surface area contributed by atoms with Crippen LogP contribution in [-0.2, 0) is 4.79 Å². The summed E-state index contributed by atoms with van der Waals surface area (Å²) in [5, 5.41) is 2.85. The van der Waals surface area contributed by atoms with E-state index in [4.69, 9.17) is 10.5 Å². The minimum absolute atomic E-state index is 0.0290. The Kier molecular flexibility index (Phi) is 6.52. The summed E-state index contributed by atoms with van der Waals surface area (Å²) in [5.41, 5.74) is 7.91. The normalized spacial score (nSPS) is 12.3. The Balaban J connectivity index is 2.52. The Bertz CT molecular complexity index is 442. The van der Waals surface area contributed by atoms with Crippen molar-refractivity contribution in [3.63, 3.8) is 0 Å². The molecule has 0 aliphatic carbocycles. The number of amides is 1. The molecule has 0 bridgehead atoms. The zero-order valence-electron chi connectivity index (χ0n) is 12.9. The first-order chi connectivity index (χ1) is 9.40. The molecule has 0 heterocycles. The summed E-state index contributed by atoms with van der Waals surface area (Å²) in [7, 11) is 0. The summed E-state index contributed by atoms with van der Waals surface area (Å²) >= 11 is 0. The van der Waals surface area contributed by atoms with Gasteiger partial charge < -0.3 is 15.8 Å². The Labute approximate surface area is 121 Å². The topological polar surface area (TPSA) is 64.3 Å². The number of nitrogens with two attached hydrogens (primary N) is 1. The summed E-state index contributed by atoms with van der Waals surface area (Å²) in [4.78, 5) is 11.7. The Morgan fingerprint density at radius 2 is 2.05 bits per heavy atom. The molecule has 0 saturated carbocycles.